The first-order chi connectivity index (χ1) is 8.56. The molecule has 98 valence electrons. The summed E-state index contributed by atoms with van der Waals surface area (Å²) >= 11 is 0. The lowest BCUT2D eigenvalue weighted by Crippen LogP contribution is -2.26. The minimum Gasteiger partial charge on any atom is -0.396 e. The molecular formula is C13H20N4O. The lowest BCUT2D eigenvalue weighted by Gasteiger charge is -2.27. The van der Waals surface area contributed by atoms with Crippen molar-refractivity contribution in [3.63, 3.8) is 0 Å². The second-order valence-corrected chi connectivity index (χ2v) is 5.10. The summed E-state index contributed by atoms with van der Waals surface area (Å²) in [6.07, 6.45) is 4.66. The summed E-state index contributed by atoms with van der Waals surface area (Å²) in [5.74, 6) is 0.839. The van der Waals surface area contributed by atoms with Crippen molar-refractivity contribution in [2.24, 2.45) is 11.7 Å². The van der Waals surface area contributed by atoms with Gasteiger partial charge in [0.25, 0.3) is 5.91 Å². The van der Waals surface area contributed by atoms with Crippen molar-refractivity contribution in [3.05, 3.63) is 17.8 Å². The van der Waals surface area contributed by atoms with E-state index in [0.717, 1.165) is 18.8 Å². The van der Waals surface area contributed by atoms with Gasteiger partial charge in [0.1, 0.15) is 11.5 Å². The SMILES string of the molecule is CC1CCC(Nc2nc(C(N)=O)ccc2N)CC1. The number of hydrogen-bond donors (Lipinski definition) is 3. The topological polar surface area (TPSA) is 94.0 Å². The zero-order valence-electron chi connectivity index (χ0n) is 10.6. The van der Waals surface area contributed by atoms with Gasteiger partial charge in [-0.2, -0.15) is 0 Å². The third-order valence-electron chi connectivity index (χ3n) is 3.54. The van der Waals surface area contributed by atoms with Crippen LogP contribution < -0.4 is 16.8 Å². The third-order valence-corrected chi connectivity index (χ3v) is 3.54. The maximum absolute atomic E-state index is 11.1. The Balaban J connectivity index is 2.08. The molecule has 1 aliphatic rings. The van der Waals surface area contributed by atoms with Gasteiger partial charge in [-0.1, -0.05) is 6.92 Å². The van der Waals surface area contributed by atoms with E-state index in [9.17, 15) is 4.79 Å². The summed E-state index contributed by atoms with van der Waals surface area (Å²) < 4.78 is 0. The highest BCUT2D eigenvalue weighted by molar-refractivity contribution is 5.91. The molecule has 5 heteroatoms. The maximum Gasteiger partial charge on any atom is 0.267 e. The molecule has 5 nitrogen and oxygen atoms in total. The average Bonchev–Trinajstić information content (AvgIpc) is 2.34. The van der Waals surface area contributed by atoms with E-state index in [0.29, 0.717) is 17.5 Å². The smallest absolute Gasteiger partial charge is 0.267 e. The molecule has 2 rings (SSSR count). The minimum absolute atomic E-state index is 0.246. The Morgan fingerprint density at radius 1 is 1.33 bits per heavy atom. The van der Waals surface area contributed by atoms with Gasteiger partial charge < -0.3 is 16.8 Å². The number of pyridine rings is 1. The van der Waals surface area contributed by atoms with Gasteiger partial charge in [0.15, 0.2) is 0 Å². The van der Waals surface area contributed by atoms with Gasteiger partial charge >= 0.3 is 0 Å². The fourth-order valence-corrected chi connectivity index (χ4v) is 2.32. The van der Waals surface area contributed by atoms with Gasteiger partial charge in [0.05, 0.1) is 5.69 Å². The number of amides is 1. The lowest BCUT2D eigenvalue weighted by atomic mass is 9.87. The van der Waals surface area contributed by atoms with Gasteiger partial charge in [0, 0.05) is 6.04 Å². The molecule has 5 N–H and O–H groups in total. The molecule has 1 saturated carbocycles. The molecule has 0 radical (unpaired) electrons. The number of rotatable bonds is 3. The lowest BCUT2D eigenvalue weighted by molar-refractivity contribution is 0.0995. The zero-order valence-corrected chi connectivity index (χ0v) is 10.6. The van der Waals surface area contributed by atoms with Gasteiger partial charge in [-0.25, -0.2) is 4.98 Å². The number of anilines is 2. The molecule has 0 spiro atoms. The Morgan fingerprint density at radius 2 is 2.00 bits per heavy atom. The molecule has 18 heavy (non-hydrogen) atoms. The molecule has 1 aromatic heterocycles. The van der Waals surface area contributed by atoms with Crippen LogP contribution in [0, 0.1) is 5.92 Å². The van der Waals surface area contributed by atoms with E-state index in [4.69, 9.17) is 11.5 Å². The predicted octanol–water partition coefficient (Wildman–Crippen LogP) is 1.75. The van der Waals surface area contributed by atoms with Crippen LogP contribution in [0.5, 0.6) is 0 Å². The van der Waals surface area contributed by atoms with Crippen LogP contribution in [0.4, 0.5) is 11.5 Å². The second-order valence-electron chi connectivity index (χ2n) is 5.10. The number of carbonyl (C=O) groups excluding carboxylic acids is 1. The number of carbonyl (C=O) groups is 1. The summed E-state index contributed by atoms with van der Waals surface area (Å²) in [6.45, 7) is 2.27. The Morgan fingerprint density at radius 3 is 2.61 bits per heavy atom. The van der Waals surface area contributed by atoms with Crippen LogP contribution in [0.2, 0.25) is 0 Å². The van der Waals surface area contributed by atoms with E-state index >= 15 is 0 Å². The first kappa shape index (κ1) is 12.7. The van der Waals surface area contributed by atoms with E-state index in [2.05, 4.69) is 17.2 Å². The number of nitrogens with one attached hydrogen (secondary N) is 1. The fraction of sp³-hybridized carbons (Fsp3) is 0.538. The molecule has 0 aliphatic heterocycles. The van der Waals surface area contributed by atoms with Gasteiger partial charge in [-0.15, -0.1) is 0 Å². The van der Waals surface area contributed by atoms with E-state index in [1.165, 1.54) is 12.8 Å². The highest BCUT2D eigenvalue weighted by atomic mass is 16.1. The van der Waals surface area contributed by atoms with Crippen LogP contribution in [0.25, 0.3) is 0 Å². The molecule has 0 aromatic carbocycles. The van der Waals surface area contributed by atoms with Crippen molar-refractivity contribution in [3.8, 4) is 0 Å². The molecule has 0 bridgehead atoms. The van der Waals surface area contributed by atoms with Gasteiger partial charge in [0.2, 0.25) is 0 Å². The molecule has 1 amide bonds. The summed E-state index contributed by atoms with van der Waals surface area (Å²) in [5, 5.41) is 3.32. The van der Waals surface area contributed by atoms with E-state index in [1.54, 1.807) is 12.1 Å². The molecular weight excluding hydrogens is 228 g/mol. The van der Waals surface area contributed by atoms with Crippen molar-refractivity contribution in [1.29, 1.82) is 0 Å². The Bertz CT molecular complexity index is 439. The van der Waals surface area contributed by atoms with Crippen LogP contribution in [-0.2, 0) is 0 Å². The normalized spacial score (nSPS) is 23.6. The van der Waals surface area contributed by atoms with Crippen molar-refractivity contribution in [2.45, 2.75) is 38.6 Å². The molecule has 0 saturated heterocycles. The average molecular weight is 248 g/mol. The third kappa shape index (κ3) is 2.91. The molecule has 1 heterocycles. The number of nitrogens with zero attached hydrogens (tertiary/aromatic N) is 1. The Labute approximate surface area is 107 Å². The first-order valence-electron chi connectivity index (χ1n) is 6.39. The number of hydrogen-bond acceptors (Lipinski definition) is 4. The molecule has 1 aromatic rings. The van der Waals surface area contributed by atoms with Crippen molar-refractivity contribution < 1.29 is 4.79 Å². The summed E-state index contributed by atoms with van der Waals surface area (Å²) in [6, 6.07) is 3.60. The number of nitrogens with two attached hydrogens (primary N) is 2. The van der Waals surface area contributed by atoms with Crippen molar-refractivity contribution in [2.75, 3.05) is 11.1 Å². The highest BCUT2D eigenvalue weighted by Crippen LogP contribution is 2.27. The van der Waals surface area contributed by atoms with E-state index < -0.39 is 5.91 Å². The molecule has 1 fully saturated rings. The maximum atomic E-state index is 11.1. The Hall–Kier alpha value is -1.78. The van der Waals surface area contributed by atoms with Crippen LogP contribution >= 0.6 is 0 Å². The second kappa shape index (κ2) is 5.25. The van der Waals surface area contributed by atoms with E-state index in [-0.39, 0.29) is 5.69 Å². The van der Waals surface area contributed by atoms with Crippen molar-refractivity contribution >= 4 is 17.4 Å². The van der Waals surface area contributed by atoms with Crippen LogP contribution in [0.3, 0.4) is 0 Å². The molecule has 0 unspecified atom stereocenters. The van der Waals surface area contributed by atoms with Crippen LogP contribution in [-0.4, -0.2) is 16.9 Å². The quantitative estimate of drug-likeness (QED) is 0.759. The number of aromatic nitrogens is 1. The first-order valence-corrected chi connectivity index (χ1v) is 6.39. The highest BCUT2D eigenvalue weighted by Gasteiger charge is 2.19. The molecule has 0 atom stereocenters. The standard InChI is InChI=1S/C13H20N4O/c1-8-2-4-9(5-3-8)16-13-10(14)6-7-11(17-13)12(15)18/h6-9H,2-5,14H2,1H3,(H2,15,18)(H,16,17). The number of nitrogen functional groups attached to an aromatic ring is 1. The van der Waals surface area contributed by atoms with Gasteiger partial charge in [-0.3, -0.25) is 4.79 Å². The number of primary amides is 1. The minimum atomic E-state index is -0.532. The van der Waals surface area contributed by atoms with Crippen LogP contribution in [0.1, 0.15) is 43.1 Å². The van der Waals surface area contributed by atoms with Gasteiger partial charge in [-0.05, 0) is 43.7 Å². The Kier molecular flexibility index (Phi) is 3.69. The molecule has 1 aliphatic carbocycles. The summed E-state index contributed by atoms with van der Waals surface area (Å²) in [4.78, 5) is 15.3. The van der Waals surface area contributed by atoms with Crippen LogP contribution in [0.15, 0.2) is 12.1 Å². The van der Waals surface area contributed by atoms with E-state index in [1.807, 2.05) is 0 Å². The zero-order chi connectivity index (χ0) is 13.1. The largest absolute Gasteiger partial charge is 0.396 e. The summed E-state index contributed by atoms with van der Waals surface area (Å²) in [5.41, 5.74) is 11.9. The summed E-state index contributed by atoms with van der Waals surface area (Å²) in [7, 11) is 0. The predicted molar refractivity (Wildman–Crippen MR) is 72.2 cm³/mol. The fourth-order valence-electron chi connectivity index (χ4n) is 2.32. The van der Waals surface area contributed by atoms with Crippen molar-refractivity contribution in [1.82, 2.24) is 4.98 Å². The monoisotopic (exact) mass is 248 g/mol.